The molecule has 0 saturated heterocycles. The van der Waals surface area contributed by atoms with Gasteiger partial charge < -0.3 is 0 Å². The maximum atomic E-state index is 13.3. The minimum atomic E-state index is -0.372. The summed E-state index contributed by atoms with van der Waals surface area (Å²) in [4.78, 5) is 12.4. The van der Waals surface area contributed by atoms with Gasteiger partial charge in [0.15, 0.2) is 5.78 Å². The predicted molar refractivity (Wildman–Crippen MR) is 70.5 cm³/mol. The number of aryl methyl sites for hydroxylation is 3. The second kappa shape index (κ2) is 4.73. The number of carbonyl (C=O) groups is 1. The van der Waals surface area contributed by atoms with Gasteiger partial charge in [-0.1, -0.05) is 17.7 Å². The lowest BCUT2D eigenvalue weighted by Gasteiger charge is -2.07. The molecule has 0 aromatic heterocycles. The van der Waals surface area contributed by atoms with Crippen LogP contribution in [0.15, 0.2) is 36.4 Å². The van der Waals surface area contributed by atoms with Crippen molar-refractivity contribution in [1.29, 1.82) is 0 Å². The molecule has 0 spiro atoms. The molecule has 0 radical (unpaired) electrons. The molecule has 0 saturated carbocycles. The minimum absolute atomic E-state index is 0.126. The van der Waals surface area contributed by atoms with E-state index in [-0.39, 0.29) is 11.6 Å². The maximum Gasteiger partial charge on any atom is 0.193 e. The minimum Gasteiger partial charge on any atom is -0.289 e. The Morgan fingerprint density at radius 3 is 2.33 bits per heavy atom. The third-order valence-corrected chi connectivity index (χ3v) is 2.94. The third-order valence-electron chi connectivity index (χ3n) is 2.94. The van der Waals surface area contributed by atoms with E-state index in [4.69, 9.17) is 0 Å². The molecule has 0 atom stereocenters. The Bertz CT molecular complexity index is 594. The lowest BCUT2D eigenvalue weighted by Crippen LogP contribution is -2.05. The number of halogens is 1. The zero-order valence-corrected chi connectivity index (χ0v) is 10.8. The fourth-order valence-electron chi connectivity index (χ4n) is 2.00. The van der Waals surface area contributed by atoms with Crippen molar-refractivity contribution in [2.75, 3.05) is 0 Å². The molecule has 18 heavy (non-hydrogen) atoms. The van der Waals surface area contributed by atoms with Crippen LogP contribution in [0.4, 0.5) is 4.39 Å². The second-order valence-corrected chi connectivity index (χ2v) is 4.66. The van der Waals surface area contributed by atoms with Crippen LogP contribution in [0, 0.1) is 26.6 Å². The van der Waals surface area contributed by atoms with Crippen molar-refractivity contribution in [3.05, 3.63) is 70.0 Å². The average Bonchev–Trinajstić information content (AvgIpc) is 2.30. The van der Waals surface area contributed by atoms with Gasteiger partial charge in [-0.3, -0.25) is 4.79 Å². The Morgan fingerprint density at radius 2 is 1.67 bits per heavy atom. The smallest absolute Gasteiger partial charge is 0.193 e. The van der Waals surface area contributed by atoms with Gasteiger partial charge in [-0.25, -0.2) is 4.39 Å². The van der Waals surface area contributed by atoms with Crippen LogP contribution in [-0.2, 0) is 0 Å². The highest BCUT2D eigenvalue weighted by Crippen LogP contribution is 2.17. The van der Waals surface area contributed by atoms with E-state index in [2.05, 4.69) is 0 Å². The van der Waals surface area contributed by atoms with Crippen molar-refractivity contribution in [1.82, 2.24) is 0 Å². The predicted octanol–water partition coefficient (Wildman–Crippen LogP) is 3.98. The first kappa shape index (κ1) is 12.5. The van der Waals surface area contributed by atoms with Gasteiger partial charge in [-0.2, -0.15) is 0 Å². The van der Waals surface area contributed by atoms with Gasteiger partial charge in [0, 0.05) is 11.1 Å². The summed E-state index contributed by atoms with van der Waals surface area (Å²) in [7, 11) is 0. The fraction of sp³-hybridized carbons (Fsp3) is 0.188. The molecule has 2 aromatic carbocycles. The van der Waals surface area contributed by atoms with Crippen molar-refractivity contribution in [2.45, 2.75) is 20.8 Å². The SMILES string of the molecule is Cc1cc(F)cc(C(=O)c2cc(C)ccc2C)c1. The van der Waals surface area contributed by atoms with Crippen LogP contribution >= 0.6 is 0 Å². The van der Waals surface area contributed by atoms with E-state index in [9.17, 15) is 9.18 Å². The van der Waals surface area contributed by atoms with Crippen LogP contribution in [0.2, 0.25) is 0 Å². The first-order valence-corrected chi connectivity index (χ1v) is 5.86. The van der Waals surface area contributed by atoms with Crippen LogP contribution < -0.4 is 0 Å². The zero-order valence-electron chi connectivity index (χ0n) is 10.8. The molecule has 0 N–H and O–H groups in total. The number of ketones is 1. The lowest BCUT2D eigenvalue weighted by atomic mass is 9.96. The number of rotatable bonds is 2. The standard InChI is InChI=1S/C16H15FO/c1-10-4-5-12(3)15(8-10)16(18)13-6-11(2)7-14(17)9-13/h4-9H,1-3H3. The summed E-state index contributed by atoms with van der Waals surface area (Å²) in [6, 6.07) is 10.1. The lowest BCUT2D eigenvalue weighted by molar-refractivity contribution is 0.103. The van der Waals surface area contributed by atoms with Crippen molar-refractivity contribution in [3.63, 3.8) is 0 Å². The Hall–Kier alpha value is -1.96. The molecule has 0 amide bonds. The summed E-state index contributed by atoms with van der Waals surface area (Å²) in [5.74, 6) is -0.498. The van der Waals surface area contributed by atoms with Crippen LogP contribution in [-0.4, -0.2) is 5.78 Å². The summed E-state index contributed by atoms with van der Waals surface area (Å²) in [6.07, 6.45) is 0. The van der Waals surface area contributed by atoms with E-state index in [1.54, 1.807) is 13.0 Å². The zero-order chi connectivity index (χ0) is 13.3. The van der Waals surface area contributed by atoms with E-state index in [0.717, 1.165) is 16.7 Å². The molecule has 92 valence electrons. The topological polar surface area (TPSA) is 17.1 Å². The normalized spacial score (nSPS) is 10.4. The summed E-state index contributed by atoms with van der Waals surface area (Å²) in [5.41, 5.74) is 3.73. The molecular formula is C16H15FO. The highest BCUT2D eigenvalue weighted by Gasteiger charge is 2.13. The monoisotopic (exact) mass is 242 g/mol. The van der Waals surface area contributed by atoms with Crippen molar-refractivity contribution in [3.8, 4) is 0 Å². The van der Waals surface area contributed by atoms with E-state index in [1.165, 1.54) is 12.1 Å². The summed E-state index contributed by atoms with van der Waals surface area (Å²) in [6.45, 7) is 5.61. The number of hydrogen-bond donors (Lipinski definition) is 0. The van der Waals surface area contributed by atoms with Crippen LogP contribution in [0.5, 0.6) is 0 Å². The maximum absolute atomic E-state index is 13.3. The van der Waals surface area contributed by atoms with E-state index in [1.807, 2.05) is 32.0 Å². The Balaban J connectivity index is 2.51. The molecule has 0 aliphatic carbocycles. The number of benzene rings is 2. The quantitative estimate of drug-likeness (QED) is 0.728. The molecule has 2 rings (SSSR count). The third kappa shape index (κ3) is 2.48. The van der Waals surface area contributed by atoms with Gasteiger partial charge in [0.2, 0.25) is 0 Å². The molecule has 0 aliphatic heterocycles. The van der Waals surface area contributed by atoms with Crippen molar-refractivity contribution in [2.24, 2.45) is 0 Å². The molecule has 0 unspecified atom stereocenters. The van der Waals surface area contributed by atoms with Crippen LogP contribution in [0.25, 0.3) is 0 Å². The van der Waals surface area contributed by atoms with Gasteiger partial charge in [-0.05, 0) is 56.2 Å². The summed E-state index contributed by atoms with van der Waals surface area (Å²) in [5, 5.41) is 0. The van der Waals surface area contributed by atoms with Crippen LogP contribution in [0.3, 0.4) is 0 Å². The van der Waals surface area contributed by atoms with Crippen molar-refractivity contribution < 1.29 is 9.18 Å². The van der Waals surface area contributed by atoms with E-state index in [0.29, 0.717) is 11.1 Å². The summed E-state index contributed by atoms with van der Waals surface area (Å²) >= 11 is 0. The molecule has 2 heteroatoms. The van der Waals surface area contributed by atoms with Crippen LogP contribution in [0.1, 0.15) is 32.6 Å². The number of carbonyl (C=O) groups excluding carboxylic acids is 1. The molecule has 0 heterocycles. The van der Waals surface area contributed by atoms with Gasteiger partial charge >= 0.3 is 0 Å². The Labute approximate surface area is 106 Å². The largest absolute Gasteiger partial charge is 0.289 e. The Kier molecular flexibility index (Phi) is 3.28. The fourth-order valence-corrected chi connectivity index (χ4v) is 2.00. The van der Waals surface area contributed by atoms with Gasteiger partial charge in [0.1, 0.15) is 5.82 Å². The van der Waals surface area contributed by atoms with E-state index < -0.39 is 0 Å². The first-order valence-electron chi connectivity index (χ1n) is 5.86. The first-order chi connectivity index (χ1) is 8.47. The number of hydrogen-bond acceptors (Lipinski definition) is 1. The second-order valence-electron chi connectivity index (χ2n) is 4.66. The molecular weight excluding hydrogens is 227 g/mol. The molecule has 0 fully saturated rings. The van der Waals surface area contributed by atoms with E-state index >= 15 is 0 Å². The van der Waals surface area contributed by atoms with Crippen molar-refractivity contribution >= 4 is 5.78 Å². The molecule has 0 aliphatic rings. The highest BCUT2D eigenvalue weighted by molar-refractivity contribution is 6.10. The van der Waals surface area contributed by atoms with Gasteiger partial charge in [-0.15, -0.1) is 0 Å². The average molecular weight is 242 g/mol. The molecule has 0 bridgehead atoms. The summed E-state index contributed by atoms with van der Waals surface area (Å²) < 4.78 is 13.3. The Morgan fingerprint density at radius 1 is 0.944 bits per heavy atom. The highest BCUT2D eigenvalue weighted by atomic mass is 19.1. The van der Waals surface area contributed by atoms with Gasteiger partial charge in [0.25, 0.3) is 0 Å². The molecule has 1 nitrogen and oxygen atoms in total. The van der Waals surface area contributed by atoms with Gasteiger partial charge in [0.05, 0.1) is 0 Å². The molecule has 2 aromatic rings.